The molecular formula is C9H10NO2-. The molecule has 1 rings (SSSR count). The molecule has 3 N–H and O–H groups in total. The van der Waals surface area contributed by atoms with Gasteiger partial charge in [0.25, 0.3) is 0 Å². The minimum Gasteiger partial charge on any atom is -0.426 e. The van der Waals surface area contributed by atoms with Crippen LogP contribution in [0.2, 0.25) is 0 Å². The largest absolute Gasteiger partial charge is 0.426 e. The third-order valence-corrected chi connectivity index (χ3v) is 1.56. The van der Waals surface area contributed by atoms with Crippen LogP contribution in [0, 0.1) is 6.10 Å². The Morgan fingerprint density at radius 1 is 1.58 bits per heavy atom. The van der Waals surface area contributed by atoms with Crippen molar-refractivity contribution in [3.8, 4) is 0 Å². The van der Waals surface area contributed by atoms with Crippen molar-refractivity contribution in [1.29, 1.82) is 0 Å². The van der Waals surface area contributed by atoms with Gasteiger partial charge in [-0.2, -0.15) is 11.6 Å². The van der Waals surface area contributed by atoms with E-state index in [1.54, 1.807) is 31.2 Å². The van der Waals surface area contributed by atoms with Gasteiger partial charge in [-0.25, -0.2) is 0 Å². The molecule has 1 aromatic rings. The molecule has 0 aliphatic rings. The fourth-order valence-corrected chi connectivity index (χ4v) is 0.898. The first-order valence-corrected chi connectivity index (χ1v) is 3.54. The zero-order valence-electron chi connectivity index (χ0n) is 6.74. The monoisotopic (exact) mass is 164 g/mol. The second-order valence-corrected chi connectivity index (χ2v) is 2.53. The molecule has 0 radical (unpaired) electrons. The highest BCUT2D eigenvalue weighted by molar-refractivity contribution is 5.92. The van der Waals surface area contributed by atoms with E-state index < -0.39 is 5.91 Å². The average Bonchev–Trinajstić information content (AvgIpc) is 2.04. The lowest BCUT2D eigenvalue weighted by molar-refractivity contribution is 0.1000. The van der Waals surface area contributed by atoms with Crippen LogP contribution in [0.15, 0.2) is 24.3 Å². The number of rotatable bonds is 2. The van der Waals surface area contributed by atoms with Gasteiger partial charge in [0.1, 0.15) is 0 Å². The number of carbonyl (C=O) groups is 1. The summed E-state index contributed by atoms with van der Waals surface area (Å²) in [5.41, 5.74) is 6.07. The van der Waals surface area contributed by atoms with Crippen LogP contribution in [0.5, 0.6) is 0 Å². The zero-order valence-corrected chi connectivity index (χ0v) is 6.74. The number of hydrogen-bond donors (Lipinski definition) is 2. The third kappa shape index (κ3) is 1.77. The van der Waals surface area contributed by atoms with Crippen molar-refractivity contribution >= 4 is 5.91 Å². The van der Waals surface area contributed by atoms with Crippen LogP contribution in [0.1, 0.15) is 22.8 Å². The summed E-state index contributed by atoms with van der Waals surface area (Å²) in [6.07, 6.45) is 0.179. The molecule has 3 heteroatoms. The Kier molecular flexibility index (Phi) is 2.35. The molecule has 0 saturated carbocycles. The zero-order chi connectivity index (χ0) is 9.14. The molecule has 0 unspecified atom stereocenters. The fraction of sp³-hybridized carbons (Fsp3) is 0.111. The fourth-order valence-electron chi connectivity index (χ4n) is 0.898. The second-order valence-electron chi connectivity index (χ2n) is 2.53. The lowest BCUT2D eigenvalue weighted by atomic mass is 10.1. The van der Waals surface area contributed by atoms with Crippen LogP contribution in [0.25, 0.3) is 0 Å². The van der Waals surface area contributed by atoms with Gasteiger partial charge < -0.3 is 10.8 Å². The Morgan fingerprint density at radius 3 is 2.75 bits per heavy atom. The van der Waals surface area contributed by atoms with Crippen LogP contribution in [-0.4, -0.2) is 11.0 Å². The van der Waals surface area contributed by atoms with E-state index in [9.17, 15) is 4.79 Å². The van der Waals surface area contributed by atoms with Gasteiger partial charge in [-0.1, -0.05) is 19.1 Å². The quantitative estimate of drug-likeness (QED) is 0.642. The predicted molar refractivity (Wildman–Crippen MR) is 44.9 cm³/mol. The number of carbonyl (C=O) groups excluding carboxylic acids is 1. The SMILES string of the molecule is C[C-](O)c1cccc(C(N)=O)c1. The van der Waals surface area contributed by atoms with E-state index in [4.69, 9.17) is 10.8 Å². The topological polar surface area (TPSA) is 63.3 Å². The molecule has 1 amide bonds. The first-order chi connectivity index (χ1) is 5.61. The van der Waals surface area contributed by atoms with Gasteiger partial charge in [0.05, 0.1) is 0 Å². The highest BCUT2D eigenvalue weighted by atomic mass is 16.3. The highest BCUT2D eigenvalue weighted by Crippen LogP contribution is 2.12. The molecule has 12 heavy (non-hydrogen) atoms. The predicted octanol–water partition coefficient (Wildman–Crippen LogP) is 1.06. The van der Waals surface area contributed by atoms with E-state index in [2.05, 4.69) is 0 Å². The van der Waals surface area contributed by atoms with Crippen LogP contribution in [0.3, 0.4) is 0 Å². The van der Waals surface area contributed by atoms with Crippen LogP contribution >= 0.6 is 0 Å². The molecule has 3 nitrogen and oxygen atoms in total. The standard InChI is InChI=1S/C9H10NO2/c1-6(11)7-3-2-4-8(5-7)9(10)12/h2-5,11H,1H3,(H2,10,12)/q-1. The van der Waals surface area contributed by atoms with Crippen molar-refractivity contribution in [3.63, 3.8) is 0 Å². The Morgan fingerprint density at radius 2 is 2.25 bits per heavy atom. The third-order valence-electron chi connectivity index (χ3n) is 1.56. The summed E-state index contributed by atoms with van der Waals surface area (Å²) in [5, 5.41) is 9.09. The molecular weight excluding hydrogens is 154 g/mol. The highest BCUT2D eigenvalue weighted by Gasteiger charge is 1.96. The number of benzene rings is 1. The second kappa shape index (κ2) is 3.28. The van der Waals surface area contributed by atoms with E-state index in [-0.39, 0.29) is 6.10 Å². The van der Waals surface area contributed by atoms with Crippen molar-refractivity contribution in [1.82, 2.24) is 0 Å². The lowest BCUT2D eigenvalue weighted by Gasteiger charge is -2.14. The summed E-state index contributed by atoms with van der Waals surface area (Å²) < 4.78 is 0. The minimum atomic E-state index is -0.488. The van der Waals surface area contributed by atoms with E-state index in [0.29, 0.717) is 11.1 Å². The van der Waals surface area contributed by atoms with Gasteiger partial charge in [-0.3, -0.25) is 4.79 Å². The molecule has 0 spiro atoms. The normalized spacial score (nSPS) is 9.50. The number of nitrogens with two attached hydrogens (primary N) is 1. The van der Waals surface area contributed by atoms with Crippen molar-refractivity contribution in [2.24, 2.45) is 5.73 Å². The summed E-state index contributed by atoms with van der Waals surface area (Å²) in [4.78, 5) is 10.7. The van der Waals surface area contributed by atoms with Gasteiger partial charge in [0.2, 0.25) is 5.91 Å². The van der Waals surface area contributed by atoms with Gasteiger partial charge in [-0.15, -0.1) is 12.1 Å². The average molecular weight is 164 g/mol. The van der Waals surface area contributed by atoms with Crippen LogP contribution < -0.4 is 5.73 Å². The summed E-state index contributed by atoms with van der Waals surface area (Å²) in [5.74, 6) is -0.488. The maximum absolute atomic E-state index is 10.7. The molecule has 0 heterocycles. The number of primary amides is 1. The molecule has 0 saturated heterocycles. The molecule has 0 atom stereocenters. The smallest absolute Gasteiger partial charge is 0.236 e. The Balaban J connectivity index is 3.04. The maximum Gasteiger partial charge on any atom is 0.236 e. The first kappa shape index (κ1) is 8.62. The van der Waals surface area contributed by atoms with Gasteiger partial charge in [-0.05, 0) is 5.56 Å². The Hall–Kier alpha value is -1.48. The van der Waals surface area contributed by atoms with Crippen LogP contribution in [-0.2, 0) is 0 Å². The number of aliphatic hydroxyl groups excluding tert-OH is 1. The van der Waals surface area contributed by atoms with Gasteiger partial charge in [0, 0.05) is 0 Å². The molecule has 0 aliphatic heterocycles. The van der Waals surface area contributed by atoms with E-state index in [1.165, 1.54) is 0 Å². The van der Waals surface area contributed by atoms with Crippen molar-refractivity contribution in [3.05, 3.63) is 41.5 Å². The number of aliphatic hydroxyl groups is 1. The Bertz CT molecular complexity index is 294. The van der Waals surface area contributed by atoms with Crippen LogP contribution in [0.4, 0.5) is 0 Å². The molecule has 64 valence electrons. The first-order valence-electron chi connectivity index (χ1n) is 3.54. The van der Waals surface area contributed by atoms with Gasteiger partial charge >= 0.3 is 0 Å². The van der Waals surface area contributed by atoms with Gasteiger partial charge in [0.15, 0.2) is 0 Å². The molecule has 0 fully saturated rings. The van der Waals surface area contributed by atoms with E-state index in [1.807, 2.05) is 0 Å². The minimum absolute atomic E-state index is 0.179. The van der Waals surface area contributed by atoms with E-state index in [0.717, 1.165) is 0 Å². The molecule has 1 aromatic carbocycles. The van der Waals surface area contributed by atoms with Crippen molar-refractivity contribution < 1.29 is 9.90 Å². The maximum atomic E-state index is 10.7. The van der Waals surface area contributed by atoms with E-state index >= 15 is 0 Å². The summed E-state index contributed by atoms with van der Waals surface area (Å²) in [7, 11) is 0. The molecule has 0 aromatic heterocycles. The Labute approximate surface area is 70.8 Å². The van der Waals surface area contributed by atoms with Crippen molar-refractivity contribution in [2.75, 3.05) is 0 Å². The lowest BCUT2D eigenvalue weighted by Crippen LogP contribution is -2.11. The summed E-state index contributed by atoms with van der Waals surface area (Å²) >= 11 is 0. The number of amides is 1. The summed E-state index contributed by atoms with van der Waals surface area (Å²) in [6, 6.07) is 6.54. The summed E-state index contributed by atoms with van der Waals surface area (Å²) in [6.45, 7) is 1.56. The van der Waals surface area contributed by atoms with Crippen molar-refractivity contribution in [2.45, 2.75) is 6.92 Å². The molecule has 0 bridgehead atoms. The number of hydrogen-bond acceptors (Lipinski definition) is 2. The molecule has 0 aliphatic carbocycles.